The second-order valence-electron chi connectivity index (χ2n) is 4.11. The number of rotatable bonds is 6. The summed E-state index contributed by atoms with van der Waals surface area (Å²) in [5, 5.41) is 18.7. The molecule has 4 heteroatoms. The quantitative estimate of drug-likeness (QED) is 0.601. The molecule has 1 atom stereocenters. The summed E-state index contributed by atoms with van der Waals surface area (Å²) in [6.07, 6.45) is 2.97. The Labute approximate surface area is 107 Å². The molecule has 0 aliphatic heterocycles. The van der Waals surface area contributed by atoms with Crippen molar-refractivity contribution in [1.29, 1.82) is 0 Å². The number of aliphatic hydroxyl groups is 2. The van der Waals surface area contributed by atoms with Crippen molar-refractivity contribution < 1.29 is 19.7 Å². The first-order valence-electron chi connectivity index (χ1n) is 5.85. The fourth-order valence-corrected chi connectivity index (χ4v) is 1.43. The molecular formula is C14H18O4. The maximum Gasteiger partial charge on any atom is 0.338 e. The van der Waals surface area contributed by atoms with Crippen LogP contribution < -0.4 is 0 Å². The molecule has 0 radical (unpaired) electrons. The number of carbonyl (C=O) groups excluding carboxylic acids is 1. The molecular weight excluding hydrogens is 232 g/mol. The van der Waals surface area contributed by atoms with Gasteiger partial charge in [0.05, 0.1) is 11.8 Å². The highest BCUT2D eigenvalue weighted by molar-refractivity contribution is 5.89. The van der Waals surface area contributed by atoms with Gasteiger partial charge in [0.1, 0.15) is 12.2 Å². The molecule has 18 heavy (non-hydrogen) atoms. The summed E-state index contributed by atoms with van der Waals surface area (Å²) in [5.74, 6) is -0.463. The van der Waals surface area contributed by atoms with Gasteiger partial charge in [-0.15, -0.1) is 0 Å². The minimum Gasteiger partial charge on any atom is -0.516 e. The number of hydrogen-bond donors (Lipinski definition) is 2. The SMILES string of the molecule is CCC(O)(C/C=C\O)COC(=O)c1ccccc1. The van der Waals surface area contributed by atoms with E-state index in [0.29, 0.717) is 12.0 Å². The third-order valence-corrected chi connectivity index (χ3v) is 2.74. The van der Waals surface area contributed by atoms with E-state index in [-0.39, 0.29) is 13.0 Å². The Morgan fingerprint density at radius 2 is 2.06 bits per heavy atom. The first-order valence-corrected chi connectivity index (χ1v) is 5.85. The van der Waals surface area contributed by atoms with Gasteiger partial charge in [0, 0.05) is 6.42 Å². The normalized spacial score (nSPS) is 14.3. The molecule has 0 fully saturated rings. The van der Waals surface area contributed by atoms with Gasteiger partial charge in [-0.2, -0.15) is 0 Å². The number of benzene rings is 1. The minimum atomic E-state index is -1.14. The van der Waals surface area contributed by atoms with Crippen LogP contribution in [0.2, 0.25) is 0 Å². The van der Waals surface area contributed by atoms with Gasteiger partial charge in [-0.25, -0.2) is 4.79 Å². The van der Waals surface area contributed by atoms with Gasteiger partial charge in [0.2, 0.25) is 0 Å². The van der Waals surface area contributed by atoms with Crippen LogP contribution in [-0.4, -0.2) is 28.4 Å². The van der Waals surface area contributed by atoms with Gasteiger partial charge in [0.15, 0.2) is 0 Å². The zero-order valence-corrected chi connectivity index (χ0v) is 10.4. The third kappa shape index (κ3) is 4.22. The largest absolute Gasteiger partial charge is 0.516 e. The summed E-state index contributed by atoms with van der Waals surface area (Å²) >= 11 is 0. The number of carbonyl (C=O) groups is 1. The maximum atomic E-state index is 11.7. The monoisotopic (exact) mass is 250 g/mol. The van der Waals surface area contributed by atoms with Crippen molar-refractivity contribution in [3.05, 3.63) is 48.2 Å². The Hall–Kier alpha value is -1.81. The molecule has 0 saturated carbocycles. The van der Waals surface area contributed by atoms with Gasteiger partial charge in [-0.3, -0.25) is 0 Å². The van der Waals surface area contributed by atoms with Crippen molar-refractivity contribution in [2.75, 3.05) is 6.61 Å². The molecule has 0 saturated heterocycles. The van der Waals surface area contributed by atoms with Crippen molar-refractivity contribution in [2.24, 2.45) is 0 Å². The second-order valence-corrected chi connectivity index (χ2v) is 4.11. The predicted molar refractivity (Wildman–Crippen MR) is 68.4 cm³/mol. The number of ether oxygens (including phenoxy) is 1. The van der Waals surface area contributed by atoms with Crippen LogP contribution in [-0.2, 0) is 4.74 Å². The number of esters is 1. The fourth-order valence-electron chi connectivity index (χ4n) is 1.43. The summed E-state index contributed by atoms with van der Waals surface area (Å²) in [6, 6.07) is 8.61. The molecule has 0 heterocycles. The van der Waals surface area contributed by atoms with E-state index in [1.807, 2.05) is 6.07 Å². The first-order chi connectivity index (χ1) is 8.61. The van der Waals surface area contributed by atoms with Crippen LogP contribution in [0.5, 0.6) is 0 Å². The smallest absolute Gasteiger partial charge is 0.338 e. The van der Waals surface area contributed by atoms with E-state index in [2.05, 4.69) is 0 Å². The highest BCUT2D eigenvalue weighted by Gasteiger charge is 2.25. The molecule has 1 rings (SSSR count). The lowest BCUT2D eigenvalue weighted by atomic mass is 9.98. The van der Waals surface area contributed by atoms with Crippen LogP contribution >= 0.6 is 0 Å². The third-order valence-electron chi connectivity index (χ3n) is 2.74. The van der Waals surface area contributed by atoms with Crippen molar-refractivity contribution in [3.8, 4) is 0 Å². The average Bonchev–Trinajstić information content (AvgIpc) is 2.43. The van der Waals surface area contributed by atoms with Gasteiger partial charge < -0.3 is 14.9 Å². The highest BCUT2D eigenvalue weighted by Crippen LogP contribution is 2.17. The molecule has 1 aromatic carbocycles. The molecule has 1 aromatic rings. The van der Waals surface area contributed by atoms with Gasteiger partial charge in [0.25, 0.3) is 0 Å². The zero-order chi connectivity index (χ0) is 13.4. The van der Waals surface area contributed by atoms with Crippen LogP contribution in [0.4, 0.5) is 0 Å². The summed E-state index contributed by atoms with van der Waals surface area (Å²) in [7, 11) is 0. The Morgan fingerprint density at radius 1 is 1.39 bits per heavy atom. The van der Waals surface area contributed by atoms with E-state index in [0.717, 1.165) is 6.26 Å². The summed E-state index contributed by atoms with van der Waals surface area (Å²) in [4.78, 5) is 11.7. The number of aliphatic hydroxyl groups excluding tert-OH is 1. The van der Waals surface area contributed by atoms with Gasteiger partial charge in [-0.1, -0.05) is 25.1 Å². The fraction of sp³-hybridized carbons (Fsp3) is 0.357. The van der Waals surface area contributed by atoms with E-state index in [9.17, 15) is 9.90 Å². The van der Waals surface area contributed by atoms with Gasteiger partial charge >= 0.3 is 5.97 Å². The lowest BCUT2D eigenvalue weighted by Crippen LogP contribution is -2.34. The van der Waals surface area contributed by atoms with Crippen molar-refractivity contribution in [1.82, 2.24) is 0 Å². The molecule has 0 spiro atoms. The van der Waals surface area contributed by atoms with Crippen molar-refractivity contribution >= 4 is 5.97 Å². The van der Waals surface area contributed by atoms with Crippen LogP contribution in [0.1, 0.15) is 30.1 Å². The molecule has 0 amide bonds. The van der Waals surface area contributed by atoms with E-state index in [1.54, 1.807) is 31.2 Å². The van der Waals surface area contributed by atoms with Crippen LogP contribution in [0.15, 0.2) is 42.7 Å². The molecule has 98 valence electrons. The maximum absolute atomic E-state index is 11.7. The van der Waals surface area contributed by atoms with E-state index in [1.165, 1.54) is 6.08 Å². The average molecular weight is 250 g/mol. The molecule has 0 aromatic heterocycles. The molecule has 2 N–H and O–H groups in total. The molecule has 0 aliphatic carbocycles. The first kappa shape index (κ1) is 14.3. The topological polar surface area (TPSA) is 66.8 Å². The predicted octanol–water partition coefficient (Wildman–Crippen LogP) is 2.45. The van der Waals surface area contributed by atoms with E-state index in [4.69, 9.17) is 9.84 Å². The molecule has 0 aliphatic rings. The lowest BCUT2D eigenvalue weighted by Gasteiger charge is -2.24. The van der Waals surface area contributed by atoms with Crippen LogP contribution in [0.3, 0.4) is 0 Å². The van der Waals surface area contributed by atoms with Gasteiger partial charge in [-0.05, 0) is 24.6 Å². The van der Waals surface area contributed by atoms with Crippen LogP contribution in [0, 0.1) is 0 Å². The van der Waals surface area contributed by atoms with Crippen molar-refractivity contribution in [3.63, 3.8) is 0 Å². The summed E-state index contributed by atoms with van der Waals surface area (Å²) in [5.41, 5.74) is -0.683. The molecule has 4 nitrogen and oxygen atoms in total. The lowest BCUT2D eigenvalue weighted by molar-refractivity contribution is -0.0326. The Morgan fingerprint density at radius 3 is 2.61 bits per heavy atom. The highest BCUT2D eigenvalue weighted by atomic mass is 16.5. The molecule has 0 bridgehead atoms. The summed E-state index contributed by atoms with van der Waals surface area (Å²) < 4.78 is 5.08. The standard InChI is InChI=1S/C14H18O4/c1-2-14(17,9-6-10-15)11-18-13(16)12-7-4-3-5-8-12/h3-8,10,15,17H,2,9,11H2,1H3/b10-6-. The second kappa shape index (κ2) is 6.81. The summed E-state index contributed by atoms with van der Waals surface area (Å²) in [6.45, 7) is 1.70. The Balaban J connectivity index is 2.55. The van der Waals surface area contributed by atoms with Crippen molar-refractivity contribution in [2.45, 2.75) is 25.4 Å². The molecule has 1 unspecified atom stereocenters. The van der Waals surface area contributed by atoms with Crippen LogP contribution in [0.25, 0.3) is 0 Å². The van der Waals surface area contributed by atoms with E-state index >= 15 is 0 Å². The van der Waals surface area contributed by atoms with E-state index < -0.39 is 11.6 Å². The number of hydrogen-bond acceptors (Lipinski definition) is 4. The zero-order valence-electron chi connectivity index (χ0n) is 10.4. The Kier molecular flexibility index (Phi) is 5.39. The Bertz CT molecular complexity index is 400. The minimum absolute atomic E-state index is 0.0957.